The van der Waals surface area contributed by atoms with Crippen LogP contribution in [0, 0.1) is 0 Å². The summed E-state index contributed by atoms with van der Waals surface area (Å²) in [6, 6.07) is 8.45. The second kappa shape index (κ2) is 5.66. The van der Waals surface area contributed by atoms with E-state index in [-0.39, 0.29) is 0 Å². The third-order valence-corrected chi connectivity index (χ3v) is 2.35. The molecule has 1 atom stereocenters. The molecule has 0 aliphatic rings. The van der Waals surface area contributed by atoms with Crippen molar-refractivity contribution < 1.29 is 0 Å². The lowest BCUT2D eigenvalue weighted by molar-refractivity contribution is 0.597. The lowest BCUT2D eigenvalue weighted by Crippen LogP contribution is -2.14. The first-order valence-corrected chi connectivity index (χ1v) is 5.28. The smallest absolute Gasteiger partial charge is 0.0314 e. The number of rotatable bonds is 5. The van der Waals surface area contributed by atoms with Gasteiger partial charge in [-0.2, -0.15) is 0 Å². The van der Waals surface area contributed by atoms with Gasteiger partial charge >= 0.3 is 0 Å². The molecule has 4 N–H and O–H groups in total. The molecular formula is C12H20N2. The Morgan fingerprint density at radius 1 is 1.14 bits per heavy atom. The molecule has 1 unspecified atom stereocenters. The van der Waals surface area contributed by atoms with Crippen molar-refractivity contribution in [2.75, 3.05) is 5.73 Å². The van der Waals surface area contributed by atoms with E-state index >= 15 is 0 Å². The Kier molecular flexibility index (Phi) is 4.47. The molecule has 0 amide bonds. The summed E-state index contributed by atoms with van der Waals surface area (Å²) in [7, 11) is 0. The van der Waals surface area contributed by atoms with Crippen LogP contribution in [0.5, 0.6) is 0 Å². The van der Waals surface area contributed by atoms with E-state index in [4.69, 9.17) is 11.5 Å². The summed E-state index contributed by atoms with van der Waals surface area (Å²) in [5, 5.41) is 0. The van der Waals surface area contributed by atoms with E-state index < -0.39 is 0 Å². The van der Waals surface area contributed by atoms with Gasteiger partial charge in [-0.3, -0.25) is 0 Å². The molecule has 0 aliphatic carbocycles. The predicted octanol–water partition coefficient (Wildman–Crippen LogP) is 2.33. The molecule has 0 aromatic heterocycles. The van der Waals surface area contributed by atoms with Crippen molar-refractivity contribution in [3.63, 3.8) is 0 Å². The Balaban J connectivity index is 2.21. The molecule has 0 radical (unpaired) electrons. The maximum atomic E-state index is 5.68. The van der Waals surface area contributed by atoms with Crippen molar-refractivity contribution in [2.45, 2.75) is 38.6 Å². The number of nitrogen functional groups attached to an aromatic ring is 1. The summed E-state index contributed by atoms with van der Waals surface area (Å²) in [6.45, 7) is 2.06. The molecule has 1 aromatic rings. The normalized spacial score (nSPS) is 12.7. The fourth-order valence-electron chi connectivity index (χ4n) is 1.48. The molecule has 0 heterocycles. The molecule has 1 aromatic carbocycles. The highest BCUT2D eigenvalue weighted by molar-refractivity contribution is 5.39. The van der Waals surface area contributed by atoms with Crippen molar-refractivity contribution >= 4 is 5.69 Å². The number of aryl methyl sites for hydroxylation is 1. The van der Waals surface area contributed by atoms with Gasteiger partial charge in [0.15, 0.2) is 0 Å². The van der Waals surface area contributed by atoms with E-state index in [1.807, 2.05) is 12.1 Å². The highest BCUT2D eigenvalue weighted by atomic mass is 14.6. The van der Waals surface area contributed by atoms with Gasteiger partial charge in [-0.15, -0.1) is 0 Å². The number of anilines is 1. The summed E-state index contributed by atoms with van der Waals surface area (Å²) in [6.07, 6.45) is 4.68. The van der Waals surface area contributed by atoms with E-state index in [2.05, 4.69) is 19.1 Å². The molecule has 14 heavy (non-hydrogen) atoms. The van der Waals surface area contributed by atoms with Crippen molar-refractivity contribution in [1.82, 2.24) is 0 Å². The summed E-state index contributed by atoms with van der Waals surface area (Å²) in [5.41, 5.74) is 13.5. The molecule has 78 valence electrons. The van der Waals surface area contributed by atoms with Crippen LogP contribution in [0.2, 0.25) is 0 Å². The average molecular weight is 192 g/mol. The van der Waals surface area contributed by atoms with Gasteiger partial charge in [0.25, 0.3) is 0 Å². The van der Waals surface area contributed by atoms with Crippen LogP contribution in [0.25, 0.3) is 0 Å². The maximum absolute atomic E-state index is 5.68. The molecule has 0 saturated heterocycles. The first-order chi connectivity index (χ1) is 6.68. The van der Waals surface area contributed by atoms with Crippen LogP contribution >= 0.6 is 0 Å². The summed E-state index contributed by atoms with van der Waals surface area (Å²) >= 11 is 0. The maximum Gasteiger partial charge on any atom is 0.0314 e. The zero-order chi connectivity index (χ0) is 10.4. The molecule has 0 fully saturated rings. The predicted molar refractivity (Wildman–Crippen MR) is 62.1 cm³/mol. The largest absolute Gasteiger partial charge is 0.399 e. The highest BCUT2D eigenvalue weighted by Crippen LogP contribution is 2.10. The molecule has 0 bridgehead atoms. The molecule has 0 aliphatic heterocycles. The number of benzene rings is 1. The zero-order valence-electron chi connectivity index (χ0n) is 8.87. The van der Waals surface area contributed by atoms with E-state index in [1.54, 1.807) is 0 Å². The van der Waals surface area contributed by atoms with Crippen LogP contribution in [-0.2, 0) is 6.42 Å². The third-order valence-electron chi connectivity index (χ3n) is 2.35. The third kappa shape index (κ3) is 4.28. The minimum atomic E-state index is 0.335. The summed E-state index contributed by atoms with van der Waals surface area (Å²) in [4.78, 5) is 0. The summed E-state index contributed by atoms with van der Waals surface area (Å²) < 4.78 is 0. The number of unbranched alkanes of at least 4 members (excludes halogenated alkanes) is 1. The van der Waals surface area contributed by atoms with E-state index in [0.717, 1.165) is 18.5 Å². The Hall–Kier alpha value is -1.02. The minimum absolute atomic E-state index is 0.335. The molecule has 0 saturated carbocycles. The van der Waals surface area contributed by atoms with Gasteiger partial charge in [-0.25, -0.2) is 0 Å². The van der Waals surface area contributed by atoms with Gasteiger partial charge in [0, 0.05) is 11.7 Å². The van der Waals surface area contributed by atoms with E-state index in [0.29, 0.717) is 6.04 Å². The highest BCUT2D eigenvalue weighted by Gasteiger charge is 1.96. The van der Waals surface area contributed by atoms with Gasteiger partial charge in [0.1, 0.15) is 0 Å². The standard InChI is InChI=1S/C12H20N2/c1-10(13)4-2-3-5-11-6-8-12(14)9-7-11/h6-10H,2-5,13-14H2,1H3. The van der Waals surface area contributed by atoms with E-state index in [9.17, 15) is 0 Å². The van der Waals surface area contributed by atoms with E-state index in [1.165, 1.54) is 18.4 Å². The lowest BCUT2D eigenvalue weighted by Gasteiger charge is -2.04. The Morgan fingerprint density at radius 2 is 1.79 bits per heavy atom. The second-order valence-electron chi connectivity index (χ2n) is 3.96. The fourth-order valence-corrected chi connectivity index (χ4v) is 1.48. The van der Waals surface area contributed by atoms with Crippen LogP contribution in [-0.4, -0.2) is 6.04 Å². The number of hydrogen-bond donors (Lipinski definition) is 2. The quantitative estimate of drug-likeness (QED) is 0.555. The monoisotopic (exact) mass is 192 g/mol. The fraction of sp³-hybridized carbons (Fsp3) is 0.500. The molecule has 1 rings (SSSR count). The van der Waals surface area contributed by atoms with Crippen molar-refractivity contribution in [2.24, 2.45) is 5.73 Å². The Morgan fingerprint density at radius 3 is 2.36 bits per heavy atom. The van der Waals surface area contributed by atoms with Crippen molar-refractivity contribution in [3.05, 3.63) is 29.8 Å². The molecular weight excluding hydrogens is 172 g/mol. The zero-order valence-corrected chi connectivity index (χ0v) is 8.87. The number of hydrogen-bond acceptors (Lipinski definition) is 2. The van der Waals surface area contributed by atoms with Crippen molar-refractivity contribution in [3.8, 4) is 0 Å². The topological polar surface area (TPSA) is 52.0 Å². The minimum Gasteiger partial charge on any atom is -0.399 e. The van der Waals surface area contributed by atoms with Crippen LogP contribution in [0.4, 0.5) is 5.69 Å². The van der Waals surface area contributed by atoms with Crippen LogP contribution in [0.3, 0.4) is 0 Å². The Bertz CT molecular complexity index is 252. The SMILES string of the molecule is CC(N)CCCCc1ccc(N)cc1. The molecule has 0 spiro atoms. The van der Waals surface area contributed by atoms with Gasteiger partial charge in [0.05, 0.1) is 0 Å². The average Bonchev–Trinajstić information content (AvgIpc) is 2.15. The van der Waals surface area contributed by atoms with Crippen LogP contribution in [0.15, 0.2) is 24.3 Å². The Labute approximate surface area is 86.3 Å². The van der Waals surface area contributed by atoms with Gasteiger partial charge in [-0.05, 0) is 43.9 Å². The first-order valence-electron chi connectivity index (χ1n) is 5.28. The van der Waals surface area contributed by atoms with Crippen molar-refractivity contribution in [1.29, 1.82) is 0 Å². The van der Waals surface area contributed by atoms with Gasteiger partial charge in [-0.1, -0.05) is 18.6 Å². The van der Waals surface area contributed by atoms with Crippen LogP contribution in [0.1, 0.15) is 31.7 Å². The molecule has 2 nitrogen and oxygen atoms in total. The van der Waals surface area contributed by atoms with Gasteiger partial charge < -0.3 is 11.5 Å². The van der Waals surface area contributed by atoms with Gasteiger partial charge in [0.2, 0.25) is 0 Å². The lowest BCUT2D eigenvalue weighted by atomic mass is 10.1. The summed E-state index contributed by atoms with van der Waals surface area (Å²) in [5.74, 6) is 0. The second-order valence-corrected chi connectivity index (χ2v) is 3.96. The molecule has 2 heteroatoms. The number of nitrogens with two attached hydrogens (primary N) is 2. The van der Waals surface area contributed by atoms with Crippen LogP contribution < -0.4 is 11.5 Å². The first kappa shape index (κ1) is 11.1.